The number of anilines is 1. The van der Waals surface area contributed by atoms with Gasteiger partial charge >= 0.3 is 5.97 Å². The fourth-order valence-corrected chi connectivity index (χ4v) is 6.69. The Kier molecular flexibility index (Phi) is 8.90. The molecule has 8 nitrogen and oxygen atoms in total. The first kappa shape index (κ1) is 28.4. The third-order valence-electron chi connectivity index (χ3n) is 8.23. The molecule has 2 fully saturated rings. The van der Waals surface area contributed by atoms with E-state index in [1.165, 1.54) is 28.8 Å². The molecule has 4 heterocycles. The number of benzene rings is 1. The third kappa shape index (κ3) is 6.41. The highest BCUT2D eigenvalue weighted by Crippen LogP contribution is 2.33. The molecule has 0 radical (unpaired) electrons. The highest BCUT2D eigenvalue weighted by Gasteiger charge is 2.27. The van der Waals surface area contributed by atoms with E-state index in [1.54, 1.807) is 23.7 Å². The molecule has 1 atom stereocenters. The molecule has 1 aromatic carbocycles. The van der Waals surface area contributed by atoms with Crippen LogP contribution in [-0.4, -0.2) is 63.9 Å². The van der Waals surface area contributed by atoms with E-state index in [2.05, 4.69) is 58.7 Å². The summed E-state index contributed by atoms with van der Waals surface area (Å²) in [6.07, 6.45) is 7.35. The Morgan fingerprint density at radius 1 is 1.05 bits per heavy atom. The first-order valence-corrected chi connectivity index (χ1v) is 15.2. The van der Waals surface area contributed by atoms with Gasteiger partial charge in [-0.05, 0) is 77.1 Å². The highest BCUT2D eigenvalue weighted by molar-refractivity contribution is 7.12. The number of hydrogen-bond donors (Lipinski definition) is 0. The minimum Gasteiger partial charge on any atom is -0.466 e. The smallest absolute Gasteiger partial charge is 0.309 e. The number of esters is 1. The Bertz CT molecular complexity index is 1350. The average molecular weight is 562 g/mol. The van der Waals surface area contributed by atoms with Gasteiger partial charge in [-0.1, -0.05) is 12.1 Å². The Hall–Kier alpha value is -3.17. The van der Waals surface area contributed by atoms with Gasteiger partial charge in [0.2, 0.25) is 0 Å². The van der Waals surface area contributed by atoms with Crippen LogP contribution in [0.4, 0.5) is 5.82 Å². The van der Waals surface area contributed by atoms with Crippen LogP contribution in [0.1, 0.15) is 71.0 Å². The number of aryl methyl sites for hydroxylation is 2. The number of hydrogen-bond acceptors (Lipinski definition) is 9. The second kappa shape index (κ2) is 12.6. The largest absolute Gasteiger partial charge is 0.466 e. The van der Waals surface area contributed by atoms with Gasteiger partial charge in [-0.2, -0.15) is 0 Å². The number of carbonyl (C=O) groups is 2. The van der Waals surface area contributed by atoms with Crippen LogP contribution in [0.2, 0.25) is 0 Å². The monoisotopic (exact) mass is 561 g/mol. The minimum atomic E-state index is -0.116. The Balaban J connectivity index is 1.28. The molecule has 212 valence electrons. The van der Waals surface area contributed by atoms with Gasteiger partial charge in [-0.3, -0.25) is 14.5 Å². The van der Waals surface area contributed by atoms with E-state index >= 15 is 0 Å². The molecule has 0 unspecified atom stereocenters. The van der Waals surface area contributed by atoms with E-state index < -0.39 is 0 Å². The number of rotatable bonds is 9. The first-order chi connectivity index (χ1) is 19.3. The summed E-state index contributed by atoms with van der Waals surface area (Å²) in [4.78, 5) is 45.1. The summed E-state index contributed by atoms with van der Waals surface area (Å²) in [5, 5.41) is 0.812. The van der Waals surface area contributed by atoms with Crippen LogP contribution < -0.4 is 4.90 Å². The van der Waals surface area contributed by atoms with Crippen LogP contribution in [-0.2, 0) is 22.5 Å². The van der Waals surface area contributed by atoms with Crippen molar-refractivity contribution < 1.29 is 14.3 Å². The Morgan fingerprint density at radius 3 is 2.50 bits per heavy atom. The van der Waals surface area contributed by atoms with Gasteiger partial charge in [0.1, 0.15) is 16.5 Å². The number of aromatic nitrogens is 3. The van der Waals surface area contributed by atoms with Gasteiger partial charge < -0.3 is 9.64 Å². The number of likely N-dealkylation sites (tertiary alicyclic amines) is 1. The summed E-state index contributed by atoms with van der Waals surface area (Å²) in [6, 6.07) is 7.05. The predicted octanol–water partition coefficient (Wildman–Crippen LogP) is 5.41. The molecule has 2 aliphatic heterocycles. The zero-order chi connectivity index (χ0) is 28.2. The van der Waals surface area contributed by atoms with E-state index in [9.17, 15) is 9.59 Å². The molecule has 9 heteroatoms. The third-order valence-corrected chi connectivity index (χ3v) is 9.27. The van der Waals surface area contributed by atoms with E-state index in [-0.39, 0.29) is 24.1 Å². The van der Waals surface area contributed by atoms with Gasteiger partial charge in [0.25, 0.3) is 0 Å². The van der Waals surface area contributed by atoms with Crippen LogP contribution in [0.3, 0.4) is 0 Å². The number of carbonyl (C=O) groups excluding carboxylic acids is 2. The summed E-state index contributed by atoms with van der Waals surface area (Å²) >= 11 is 1.64. The molecule has 5 rings (SSSR count). The normalized spacial score (nSPS) is 18.3. The molecular weight excluding hydrogens is 522 g/mol. The van der Waals surface area contributed by atoms with E-state index in [1.807, 2.05) is 6.92 Å². The van der Waals surface area contributed by atoms with Crippen LogP contribution in [0.5, 0.6) is 0 Å². The summed E-state index contributed by atoms with van der Waals surface area (Å²) in [5.74, 6) is 0.472. The van der Waals surface area contributed by atoms with Crippen molar-refractivity contribution in [2.24, 2.45) is 5.92 Å². The zero-order valence-electron chi connectivity index (χ0n) is 24.0. The van der Waals surface area contributed by atoms with Gasteiger partial charge in [0.05, 0.1) is 37.0 Å². The highest BCUT2D eigenvalue weighted by atomic mass is 32.1. The van der Waals surface area contributed by atoms with Crippen molar-refractivity contribution >= 4 is 28.9 Å². The number of ether oxygens (including phenoxy) is 1. The lowest BCUT2D eigenvalue weighted by atomic mass is 9.97. The fourth-order valence-electron chi connectivity index (χ4n) is 5.57. The number of thiazole rings is 1. The number of Topliss-reactive ketones (excluding diaryl/α,β-unsaturated/α-hetero) is 1. The van der Waals surface area contributed by atoms with Crippen LogP contribution in [0.15, 0.2) is 30.6 Å². The quantitative estimate of drug-likeness (QED) is 0.253. The predicted molar refractivity (Wildman–Crippen MR) is 158 cm³/mol. The van der Waals surface area contributed by atoms with Gasteiger partial charge in [0, 0.05) is 36.1 Å². The molecule has 0 aliphatic carbocycles. The molecule has 0 N–H and O–H groups in total. The Morgan fingerprint density at radius 2 is 1.85 bits per heavy atom. The van der Waals surface area contributed by atoms with Crippen molar-refractivity contribution in [2.45, 2.75) is 72.4 Å². The maximum atomic E-state index is 13.2. The second-order valence-corrected chi connectivity index (χ2v) is 12.2. The molecule has 0 bridgehead atoms. The molecule has 0 amide bonds. The van der Waals surface area contributed by atoms with E-state index in [4.69, 9.17) is 9.72 Å². The molecule has 0 spiro atoms. The summed E-state index contributed by atoms with van der Waals surface area (Å²) in [5.41, 5.74) is 4.94. The standard InChI is InChI=1S/C31H39N5O3S/c1-5-39-31(38)23-10-13-35(14-11-23)28-18-32-25(17-33-28)26(37)16-29-34-30(24-9-8-20(2)21(3)15-24)27(40-29)19-36-12-6-7-22(36)4/h8-9,15,17-18,22-23H,5-7,10-14,16,19H2,1-4H3/t22-/m1/s1. The minimum absolute atomic E-state index is 0.0596. The lowest BCUT2D eigenvalue weighted by molar-refractivity contribution is -0.148. The number of nitrogens with zero attached hydrogens (tertiary/aromatic N) is 5. The molecule has 3 aromatic rings. The SMILES string of the molecule is CCOC(=O)C1CCN(c2cnc(C(=O)Cc3nc(-c4ccc(C)c(C)c4)c(CN4CCC[C@H]4C)s3)cn2)CC1. The maximum absolute atomic E-state index is 13.2. The lowest BCUT2D eigenvalue weighted by Crippen LogP contribution is -2.37. The number of piperidine rings is 1. The van der Waals surface area contributed by atoms with Gasteiger partial charge in [0.15, 0.2) is 5.78 Å². The fraction of sp³-hybridized carbons (Fsp3) is 0.516. The van der Waals surface area contributed by atoms with Crippen LogP contribution >= 0.6 is 11.3 Å². The van der Waals surface area contributed by atoms with Crippen LogP contribution in [0.25, 0.3) is 11.3 Å². The van der Waals surface area contributed by atoms with Crippen molar-refractivity contribution in [3.05, 3.63) is 57.3 Å². The Labute approximate surface area is 240 Å². The summed E-state index contributed by atoms with van der Waals surface area (Å²) in [6.45, 7) is 12.2. The summed E-state index contributed by atoms with van der Waals surface area (Å²) in [7, 11) is 0. The van der Waals surface area contributed by atoms with E-state index in [0.717, 1.165) is 48.0 Å². The molecule has 2 aliphatic rings. The van der Waals surface area contributed by atoms with Crippen molar-refractivity contribution in [3.63, 3.8) is 0 Å². The van der Waals surface area contributed by atoms with Crippen molar-refractivity contribution in [3.8, 4) is 11.3 Å². The van der Waals surface area contributed by atoms with Gasteiger partial charge in [-0.25, -0.2) is 15.0 Å². The molecule has 40 heavy (non-hydrogen) atoms. The molecular formula is C31H39N5O3S. The summed E-state index contributed by atoms with van der Waals surface area (Å²) < 4.78 is 5.17. The number of ketones is 1. The van der Waals surface area contributed by atoms with Crippen LogP contribution in [0, 0.1) is 19.8 Å². The average Bonchev–Trinajstić information content (AvgIpc) is 3.56. The van der Waals surface area contributed by atoms with Crippen molar-refractivity contribution in [2.75, 3.05) is 31.1 Å². The lowest BCUT2D eigenvalue weighted by Gasteiger charge is -2.31. The zero-order valence-corrected chi connectivity index (χ0v) is 24.8. The van der Waals surface area contributed by atoms with Crippen molar-refractivity contribution in [1.82, 2.24) is 19.9 Å². The van der Waals surface area contributed by atoms with E-state index in [0.29, 0.717) is 31.4 Å². The first-order valence-electron chi connectivity index (χ1n) is 14.4. The van der Waals surface area contributed by atoms with Gasteiger partial charge in [-0.15, -0.1) is 11.3 Å². The second-order valence-electron chi connectivity index (χ2n) is 11.0. The van der Waals surface area contributed by atoms with Crippen molar-refractivity contribution in [1.29, 1.82) is 0 Å². The molecule has 2 saturated heterocycles. The topological polar surface area (TPSA) is 88.5 Å². The molecule has 0 saturated carbocycles. The molecule has 2 aromatic heterocycles. The maximum Gasteiger partial charge on any atom is 0.309 e.